The van der Waals surface area contributed by atoms with E-state index in [2.05, 4.69) is 17.4 Å². The van der Waals surface area contributed by atoms with E-state index in [0.29, 0.717) is 6.54 Å². The minimum Gasteiger partial charge on any atom is -0.472 e. The average Bonchev–Trinajstić information content (AvgIpc) is 2.89. The van der Waals surface area contributed by atoms with E-state index in [1.54, 1.807) is 12.5 Å². The van der Waals surface area contributed by atoms with Gasteiger partial charge < -0.3 is 9.73 Å². The largest absolute Gasteiger partial charge is 0.472 e. The maximum atomic E-state index is 11.7. The lowest BCUT2D eigenvalue weighted by molar-refractivity contribution is -0.127. The van der Waals surface area contributed by atoms with E-state index >= 15 is 0 Å². The Hall–Kier alpha value is -2.03. The molecule has 3 rings (SSSR count). The fourth-order valence-electron chi connectivity index (χ4n) is 2.25. The van der Waals surface area contributed by atoms with Crippen LogP contribution in [-0.4, -0.2) is 5.91 Å². The van der Waals surface area contributed by atoms with Crippen LogP contribution in [0.25, 0.3) is 11.1 Å². The Labute approximate surface area is 112 Å². The lowest BCUT2D eigenvalue weighted by atomic mass is 9.85. The summed E-state index contributed by atoms with van der Waals surface area (Å²) in [5.41, 5.74) is 3.33. The van der Waals surface area contributed by atoms with Gasteiger partial charge in [-0.15, -0.1) is 0 Å². The third kappa shape index (κ3) is 2.70. The lowest BCUT2D eigenvalue weighted by Crippen LogP contribution is -2.33. The molecule has 1 saturated carbocycles. The van der Waals surface area contributed by atoms with Crippen LogP contribution in [-0.2, 0) is 11.3 Å². The summed E-state index contributed by atoms with van der Waals surface area (Å²) in [7, 11) is 0. The summed E-state index contributed by atoms with van der Waals surface area (Å²) in [6, 6.07) is 10.1. The van der Waals surface area contributed by atoms with Crippen molar-refractivity contribution in [3.63, 3.8) is 0 Å². The molecule has 98 valence electrons. The molecule has 1 amide bonds. The van der Waals surface area contributed by atoms with Gasteiger partial charge in [-0.1, -0.05) is 30.7 Å². The highest BCUT2D eigenvalue weighted by Crippen LogP contribution is 2.26. The number of hydrogen-bond acceptors (Lipinski definition) is 2. The molecular weight excluding hydrogens is 238 g/mol. The van der Waals surface area contributed by atoms with E-state index in [9.17, 15) is 4.79 Å². The smallest absolute Gasteiger partial charge is 0.223 e. The Morgan fingerprint density at radius 3 is 2.53 bits per heavy atom. The summed E-state index contributed by atoms with van der Waals surface area (Å²) in [6.45, 7) is 0.612. The molecule has 1 aliphatic carbocycles. The monoisotopic (exact) mass is 255 g/mol. The van der Waals surface area contributed by atoms with Crippen LogP contribution in [0.5, 0.6) is 0 Å². The Morgan fingerprint density at radius 2 is 1.95 bits per heavy atom. The van der Waals surface area contributed by atoms with Crippen LogP contribution < -0.4 is 5.32 Å². The van der Waals surface area contributed by atoms with Gasteiger partial charge in [-0.25, -0.2) is 0 Å². The SMILES string of the molecule is O=C(NCc1ccc(-c2ccoc2)cc1)C1CCC1. The molecule has 1 heterocycles. The molecule has 0 atom stereocenters. The summed E-state index contributed by atoms with van der Waals surface area (Å²) >= 11 is 0. The maximum Gasteiger partial charge on any atom is 0.223 e. The van der Waals surface area contributed by atoms with Gasteiger partial charge in [0, 0.05) is 18.0 Å². The molecule has 0 spiro atoms. The molecule has 19 heavy (non-hydrogen) atoms. The zero-order valence-corrected chi connectivity index (χ0v) is 10.8. The van der Waals surface area contributed by atoms with Crippen LogP contribution in [0.1, 0.15) is 24.8 Å². The molecule has 1 aromatic heterocycles. The minimum absolute atomic E-state index is 0.199. The van der Waals surface area contributed by atoms with Gasteiger partial charge in [-0.05, 0) is 30.0 Å². The van der Waals surface area contributed by atoms with Gasteiger partial charge in [-0.2, -0.15) is 0 Å². The Bertz CT molecular complexity index is 539. The summed E-state index contributed by atoms with van der Waals surface area (Å²) in [5, 5.41) is 3.00. The third-order valence-corrected chi connectivity index (χ3v) is 3.75. The molecule has 0 saturated heterocycles. The van der Waals surface area contributed by atoms with Crippen molar-refractivity contribution in [1.82, 2.24) is 5.32 Å². The summed E-state index contributed by atoms with van der Waals surface area (Å²) in [5.74, 6) is 0.454. The molecule has 0 aliphatic heterocycles. The van der Waals surface area contributed by atoms with Crippen LogP contribution in [0.3, 0.4) is 0 Å². The molecule has 0 unspecified atom stereocenters. The fourth-order valence-corrected chi connectivity index (χ4v) is 2.25. The number of hydrogen-bond donors (Lipinski definition) is 1. The molecule has 2 aromatic rings. The highest BCUT2D eigenvalue weighted by atomic mass is 16.3. The second kappa shape index (κ2) is 5.31. The van der Waals surface area contributed by atoms with E-state index in [0.717, 1.165) is 29.5 Å². The van der Waals surface area contributed by atoms with Gasteiger partial charge in [0.1, 0.15) is 0 Å². The molecule has 1 fully saturated rings. The van der Waals surface area contributed by atoms with Crippen molar-refractivity contribution in [2.45, 2.75) is 25.8 Å². The number of carbonyl (C=O) groups is 1. The van der Waals surface area contributed by atoms with E-state index in [1.807, 2.05) is 18.2 Å². The van der Waals surface area contributed by atoms with E-state index < -0.39 is 0 Å². The first-order valence-electron chi connectivity index (χ1n) is 6.72. The lowest BCUT2D eigenvalue weighted by Gasteiger charge is -2.24. The van der Waals surface area contributed by atoms with E-state index in [1.165, 1.54) is 6.42 Å². The van der Waals surface area contributed by atoms with Gasteiger partial charge in [0.2, 0.25) is 5.91 Å². The molecule has 1 aliphatic rings. The van der Waals surface area contributed by atoms with Crippen LogP contribution in [0.15, 0.2) is 47.3 Å². The van der Waals surface area contributed by atoms with E-state index in [4.69, 9.17) is 4.42 Å². The first-order valence-corrected chi connectivity index (χ1v) is 6.72. The molecule has 0 bridgehead atoms. The van der Waals surface area contributed by atoms with Crippen molar-refractivity contribution in [3.05, 3.63) is 48.4 Å². The average molecular weight is 255 g/mol. The maximum absolute atomic E-state index is 11.7. The molecule has 0 radical (unpaired) electrons. The normalized spacial score (nSPS) is 14.9. The predicted molar refractivity (Wildman–Crippen MR) is 73.3 cm³/mol. The molecule has 3 nitrogen and oxygen atoms in total. The second-order valence-corrected chi connectivity index (χ2v) is 5.05. The second-order valence-electron chi connectivity index (χ2n) is 5.05. The van der Waals surface area contributed by atoms with Crippen molar-refractivity contribution in [1.29, 1.82) is 0 Å². The standard InChI is InChI=1S/C16H17NO2/c18-16(14-2-1-3-14)17-10-12-4-6-13(7-5-12)15-8-9-19-11-15/h4-9,11,14H,1-3,10H2,(H,17,18). The van der Waals surface area contributed by atoms with Crippen molar-refractivity contribution < 1.29 is 9.21 Å². The summed E-state index contributed by atoms with van der Waals surface area (Å²) < 4.78 is 5.07. The molecule has 1 N–H and O–H groups in total. The zero-order valence-electron chi connectivity index (χ0n) is 10.8. The summed E-state index contributed by atoms with van der Waals surface area (Å²) in [4.78, 5) is 11.7. The van der Waals surface area contributed by atoms with Crippen LogP contribution in [0.2, 0.25) is 0 Å². The number of nitrogens with one attached hydrogen (secondary N) is 1. The van der Waals surface area contributed by atoms with Gasteiger partial charge in [0.25, 0.3) is 0 Å². The summed E-state index contributed by atoms with van der Waals surface area (Å²) in [6.07, 6.45) is 6.68. The Morgan fingerprint density at radius 1 is 1.16 bits per heavy atom. The van der Waals surface area contributed by atoms with Crippen molar-refractivity contribution in [2.75, 3.05) is 0 Å². The highest BCUT2D eigenvalue weighted by Gasteiger charge is 2.24. The fraction of sp³-hybridized carbons (Fsp3) is 0.312. The number of rotatable bonds is 4. The highest BCUT2D eigenvalue weighted by molar-refractivity contribution is 5.79. The van der Waals surface area contributed by atoms with Gasteiger partial charge in [0.05, 0.1) is 12.5 Å². The topological polar surface area (TPSA) is 42.2 Å². The van der Waals surface area contributed by atoms with Gasteiger partial charge in [-0.3, -0.25) is 4.79 Å². The Kier molecular flexibility index (Phi) is 3.36. The van der Waals surface area contributed by atoms with Gasteiger partial charge in [0.15, 0.2) is 0 Å². The van der Waals surface area contributed by atoms with Crippen molar-refractivity contribution in [3.8, 4) is 11.1 Å². The van der Waals surface area contributed by atoms with E-state index in [-0.39, 0.29) is 11.8 Å². The quantitative estimate of drug-likeness (QED) is 0.910. The van der Waals surface area contributed by atoms with Crippen LogP contribution >= 0.6 is 0 Å². The van der Waals surface area contributed by atoms with Crippen LogP contribution in [0.4, 0.5) is 0 Å². The first kappa shape index (κ1) is 12.0. The number of carbonyl (C=O) groups excluding carboxylic acids is 1. The third-order valence-electron chi connectivity index (χ3n) is 3.75. The molecule has 1 aromatic carbocycles. The number of benzene rings is 1. The minimum atomic E-state index is 0.199. The number of amides is 1. The van der Waals surface area contributed by atoms with Crippen molar-refractivity contribution >= 4 is 5.91 Å². The van der Waals surface area contributed by atoms with Crippen molar-refractivity contribution in [2.24, 2.45) is 5.92 Å². The zero-order chi connectivity index (χ0) is 13.1. The van der Waals surface area contributed by atoms with Crippen LogP contribution in [0, 0.1) is 5.92 Å². The number of furan rings is 1. The van der Waals surface area contributed by atoms with Gasteiger partial charge >= 0.3 is 0 Å². The molecular formula is C16H17NO2. The predicted octanol–water partition coefficient (Wildman–Crippen LogP) is 3.36. The first-order chi connectivity index (χ1) is 9.33. The Balaban J connectivity index is 1.58. The molecule has 3 heteroatoms.